The SMILES string of the molecule is CC(C)O[C@H](O)C(C)C. The average molecular weight is 132 g/mol. The highest BCUT2D eigenvalue weighted by Gasteiger charge is 2.09. The Hall–Kier alpha value is -0.0800. The lowest BCUT2D eigenvalue weighted by Crippen LogP contribution is -2.22. The van der Waals surface area contributed by atoms with Gasteiger partial charge in [-0.2, -0.15) is 0 Å². The summed E-state index contributed by atoms with van der Waals surface area (Å²) in [4.78, 5) is 0. The molecule has 0 saturated heterocycles. The molecule has 1 N–H and O–H groups in total. The maximum absolute atomic E-state index is 9.07. The van der Waals surface area contributed by atoms with Gasteiger partial charge in [-0.05, 0) is 13.8 Å². The lowest BCUT2D eigenvalue weighted by Gasteiger charge is -2.17. The first-order chi connectivity index (χ1) is 4.04. The average Bonchev–Trinajstić information content (AvgIpc) is 1.63. The van der Waals surface area contributed by atoms with Crippen molar-refractivity contribution in [2.45, 2.75) is 40.1 Å². The van der Waals surface area contributed by atoms with E-state index in [2.05, 4.69) is 0 Å². The topological polar surface area (TPSA) is 29.5 Å². The fourth-order valence-electron chi connectivity index (χ4n) is 0.436. The van der Waals surface area contributed by atoms with Gasteiger partial charge >= 0.3 is 0 Å². The molecule has 1 atom stereocenters. The number of aliphatic hydroxyl groups excluding tert-OH is 1. The zero-order valence-corrected chi connectivity index (χ0v) is 6.59. The lowest BCUT2D eigenvalue weighted by atomic mass is 10.2. The summed E-state index contributed by atoms with van der Waals surface area (Å²) in [5, 5.41) is 9.07. The van der Waals surface area contributed by atoms with E-state index >= 15 is 0 Å². The predicted molar refractivity (Wildman–Crippen MR) is 37.1 cm³/mol. The molecule has 2 nitrogen and oxygen atoms in total. The van der Waals surface area contributed by atoms with E-state index in [1.807, 2.05) is 27.7 Å². The number of ether oxygens (including phenoxy) is 1. The van der Waals surface area contributed by atoms with E-state index in [0.29, 0.717) is 0 Å². The predicted octanol–water partition coefficient (Wildman–Crippen LogP) is 1.39. The van der Waals surface area contributed by atoms with E-state index in [4.69, 9.17) is 9.84 Å². The molecule has 0 aromatic rings. The van der Waals surface area contributed by atoms with Crippen molar-refractivity contribution in [1.82, 2.24) is 0 Å². The molecule has 0 spiro atoms. The van der Waals surface area contributed by atoms with Crippen LogP contribution >= 0.6 is 0 Å². The van der Waals surface area contributed by atoms with Crippen molar-refractivity contribution in [3.8, 4) is 0 Å². The normalized spacial score (nSPS) is 15.0. The number of aliphatic hydroxyl groups is 1. The molecule has 9 heavy (non-hydrogen) atoms. The first-order valence-corrected chi connectivity index (χ1v) is 3.37. The maximum atomic E-state index is 9.07. The number of hydrogen-bond donors (Lipinski definition) is 1. The first-order valence-electron chi connectivity index (χ1n) is 3.37. The minimum absolute atomic E-state index is 0.113. The van der Waals surface area contributed by atoms with Crippen molar-refractivity contribution in [2.24, 2.45) is 5.92 Å². The number of hydrogen-bond acceptors (Lipinski definition) is 2. The van der Waals surface area contributed by atoms with Gasteiger partial charge in [0.1, 0.15) is 0 Å². The van der Waals surface area contributed by atoms with Crippen LogP contribution in [0.15, 0.2) is 0 Å². The summed E-state index contributed by atoms with van der Waals surface area (Å²) < 4.78 is 5.07. The molecule has 0 aliphatic rings. The van der Waals surface area contributed by atoms with E-state index in [9.17, 15) is 0 Å². The molecule has 0 amide bonds. The third-order valence-electron chi connectivity index (χ3n) is 0.982. The molecule has 56 valence electrons. The van der Waals surface area contributed by atoms with Crippen LogP contribution in [-0.4, -0.2) is 17.5 Å². The van der Waals surface area contributed by atoms with Crippen LogP contribution in [0.1, 0.15) is 27.7 Å². The second-order valence-corrected chi connectivity index (χ2v) is 2.82. The Kier molecular flexibility index (Phi) is 3.82. The third kappa shape index (κ3) is 4.43. The van der Waals surface area contributed by atoms with Gasteiger partial charge in [-0.25, -0.2) is 0 Å². The molecular weight excluding hydrogens is 116 g/mol. The van der Waals surface area contributed by atoms with Gasteiger partial charge in [-0.15, -0.1) is 0 Å². The Morgan fingerprint density at radius 1 is 1.11 bits per heavy atom. The standard InChI is InChI=1S/C7H16O2/c1-5(2)7(8)9-6(3)4/h5-8H,1-4H3/t7-/m0/s1. The smallest absolute Gasteiger partial charge is 0.157 e. The van der Waals surface area contributed by atoms with Crippen LogP contribution in [0.3, 0.4) is 0 Å². The zero-order chi connectivity index (χ0) is 7.44. The van der Waals surface area contributed by atoms with Gasteiger partial charge in [-0.3, -0.25) is 0 Å². The quantitative estimate of drug-likeness (QED) is 0.588. The zero-order valence-electron chi connectivity index (χ0n) is 6.59. The third-order valence-corrected chi connectivity index (χ3v) is 0.982. The van der Waals surface area contributed by atoms with Gasteiger partial charge in [0.15, 0.2) is 6.29 Å². The largest absolute Gasteiger partial charge is 0.368 e. The van der Waals surface area contributed by atoms with Crippen molar-refractivity contribution in [3.63, 3.8) is 0 Å². The van der Waals surface area contributed by atoms with Crippen LogP contribution in [0.5, 0.6) is 0 Å². The van der Waals surface area contributed by atoms with E-state index in [-0.39, 0.29) is 12.0 Å². The summed E-state index contributed by atoms with van der Waals surface area (Å²) in [6.07, 6.45) is -0.493. The van der Waals surface area contributed by atoms with Gasteiger partial charge in [0.2, 0.25) is 0 Å². The minimum Gasteiger partial charge on any atom is -0.368 e. The van der Waals surface area contributed by atoms with Crippen LogP contribution in [0.4, 0.5) is 0 Å². The van der Waals surface area contributed by atoms with E-state index < -0.39 is 6.29 Å². The monoisotopic (exact) mass is 132 g/mol. The van der Waals surface area contributed by atoms with Gasteiger partial charge in [0.05, 0.1) is 6.10 Å². The Labute approximate surface area is 56.8 Å². The summed E-state index contributed by atoms with van der Waals surface area (Å²) in [6.45, 7) is 7.66. The summed E-state index contributed by atoms with van der Waals surface area (Å²) in [7, 11) is 0. The van der Waals surface area contributed by atoms with Gasteiger partial charge < -0.3 is 9.84 Å². The van der Waals surface area contributed by atoms with E-state index in [0.717, 1.165) is 0 Å². The Morgan fingerprint density at radius 2 is 1.56 bits per heavy atom. The summed E-state index contributed by atoms with van der Waals surface area (Å²) in [5.74, 6) is 0.187. The minimum atomic E-state index is -0.606. The number of rotatable bonds is 3. The van der Waals surface area contributed by atoms with Crippen molar-refractivity contribution in [2.75, 3.05) is 0 Å². The van der Waals surface area contributed by atoms with Crippen molar-refractivity contribution in [3.05, 3.63) is 0 Å². The first kappa shape index (κ1) is 8.92. The summed E-state index contributed by atoms with van der Waals surface area (Å²) in [5.41, 5.74) is 0. The maximum Gasteiger partial charge on any atom is 0.157 e. The Bertz CT molecular complexity index is 69.3. The van der Waals surface area contributed by atoms with E-state index in [1.165, 1.54) is 0 Å². The highest BCUT2D eigenvalue weighted by atomic mass is 16.6. The molecule has 0 unspecified atom stereocenters. The van der Waals surface area contributed by atoms with Crippen LogP contribution in [-0.2, 0) is 4.74 Å². The molecule has 0 heterocycles. The fraction of sp³-hybridized carbons (Fsp3) is 1.00. The highest BCUT2D eigenvalue weighted by Crippen LogP contribution is 2.04. The molecule has 0 radical (unpaired) electrons. The van der Waals surface area contributed by atoms with Crippen LogP contribution in [0.25, 0.3) is 0 Å². The van der Waals surface area contributed by atoms with Crippen LogP contribution in [0, 0.1) is 5.92 Å². The molecule has 0 fully saturated rings. The van der Waals surface area contributed by atoms with Gasteiger partial charge in [0.25, 0.3) is 0 Å². The molecule has 0 rings (SSSR count). The fourth-order valence-corrected chi connectivity index (χ4v) is 0.436. The molecule has 0 saturated carbocycles. The van der Waals surface area contributed by atoms with Crippen molar-refractivity contribution >= 4 is 0 Å². The molecule has 0 aromatic carbocycles. The van der Waals surface area contributed by atoms with Crippen LogP contribution in [0.2, 0.25) is 0 Å². The molecule has 0 bridgehead atoms. The molecule has 0 aromatic heterocycles. The van der Waals surface area contributed by atoms with Gasteiger partial charge in [0, 0.05) is 5.92 Å². The highest BCUT2D eigenvalue weighted by molar-refractivity contribution is 4.48. The van der Waals surface area contributed by atoms with E-state index in [1.54, 1.807) is 0 Å². The van der Waals surface area contributed by atoms with Crippen molar-refractivity contribution in [1.29, 1.82) is 0 Å². The lowest BCUT2D eigenvalue weighted by molar-refractivity contribution is -0.149. The van der Waals surface area contributed by atoms with Crippen LogP contribution < -0.4 is 0 Å². The molecular formula is C7H16O2. The Balaban J connectivity index is 3.38. The van der Waals surface area contributed by atoms with Gasteiger partial charge in [-0.1, -0.05) is 13.8 Å². The molecule has 2 heteroatoms. The molecule has 0 aliphatic carbocycles. The summed E-state index contributed by atoms with van der Waals surface area (Å²) >= 11 is 0. The Morgan fingerprint density at radius 3 is 1.67 bits per heavy atom. The molecule has 0 aliphatic heterocycles. The second kappa shape index (κ2) is 3.85. The summed E-state index contributed by atoms with van der Waals surface area (Å²) in [6, 6.07) is 0. The van der Waals surface area contributed by atoms with Crippen molar-refractivity contribution < 1.29 is 9.84 Å². The second-order valence-electron chi connectivity index (χ2n) is 2.82.